The molecule has 1 N–H and O–H groups in total. The zero-order valence-electron chi connectivity index (χ0n) is 13.9. The highest BCUT2D eigenvalue weighted by molar-refractivity contribution is 5.62. The van der Waals surface area contributed by atoms with E-state index in [1.165, 1.54) is 24.3 Å². The first kappa shape index (κ1) is 17.7. The summed E-state index contributed by atoms with van der Waals surface area (Å²) in [5, 5.41) is 3.20. The maximum Gasteiger partial charge on any atom is 0.573 e. The lowest BCUT2D eigenvalue weighted by atomic mass is 10.1. The lowest BCUT2D eigenvalue weighted by Crippen LogP contribution is -2.16. The number of nitrogens with zero attached hydrogens (tertiary/aromatic N) is 2. The van der Waals surface area contributed by atoms with Gasteiger partial charge in [-0.2, -0.15) is 0 Å². The molecule has 0 aliphatic rings. The van der Waals surface area contributed by atoms with Crippen molar-refractivity contribution >= 4 is 5.95 Å². The lowest BCUT2D eigenvalue weighted by molar-refractivity contribution is -0.274. The Morgan fingerprint density at radius 1 is 0.885 bits per heavy atom. The molecule has 134 valence electrons. The summed E-state index contributed by atoms with van der Waals surface area (Å²) in [6.45, 7) is 2.01. The second-order valence-electron chi connectivity index (χ2n) is 5.64. The molecule has 0 amide bonds. The molecule has 0 aliphatic carbocycles. The fourth-order valence-electron chi connectivity index (χ4n) is 2.42. The first-order chi connectivity index (χ1) is 12.4. The number of anilines is 1. The van der Waals surface area contributed by atoms with Crippen molar-refractivity contribution in [2.45, 2.75) is 19.3 Å². The monoisotopic (exact) mass is 359 g/mol. The third kappa shape index (κ3) is 4.72. The Hall–Kier alpha value is -3.09. The van der Waals surface area contributed by atoms with Crippen LogP contribution in [-0.2, 0) is 0 Å². The number of ether oxygens (including phenoxy) is 1. The molecular weight excluding hydrogens is 343 g/mol. The van der Waals surface area contributed by atoms with E-state index < -0.39 is 6.36 Å². The topological polar surface area (TPSA) is 47.0 Å². The van der Waals surface area contributed by atoms with Gasteiger partial charge in [-0.05, 0) is 30.2 Å². The molecule has 0 saturated heterocycles. The molecule has 7 heteroatoms. The lowest BCUT2D eigenvalue weighted by Gasteiger charge is -2.14. The van der Waals surface area contributed by atoms with Gasteiger partial charge < -0.3 is 10.1 Å². The normalized spacial score (nSPS) is 12.5. The van der Waals surface area contributed by atoms with Gasteiger partial charge in [0, 0.05) is 18.0 Å². The molecule has 1 unspecified atom stereocenters. The predicted octanol–water partition coefficient (Wildman–Crippen LogP) is 5.22. The summed E-state index contributed by atoms with van der Waals surface area (Å²) in [4.78, 5) is 8.54. The van der Waals surface area contributed by atoms with E-state index in [0.29, 0.717) is 17.1 Å². The number of benzene rings is 2. The van der Waals surface area contributed by atoms with Gasteiger partial charge in [-0.3, -0.25) is 0 Å². The average molecular weight is 359 g/mol. The van der Waals surface area contributed by atoms with Crippen LogP contribution in [0, 0.1) is 0 Å². The Bertz CT molecular complexity index is 835. The molecule has 0 aliphatic heterocycles. The maximum atomic E-state index is 12.2. The molecule has 3 rings (SSSR count). The van der Waals surface area contributed by atoms with Crippen LogP contribution in [0.5, 0.6) is 5.75 Å². The predicted molar refractivity (Wildman–Crippen MR) is 92.6 cm³/mol. The van der Waals surface area contributed by atoms with Crippen molar-refractivity contribution in [1.82, 2.24) is 9.97 Å². The van der Waals surface area contributed by atoms with Gasteiger partial charge in [-0.15, -0.1) is 13.2 Å². The van der Waals surface area contributed by atoms with Crippen LogP contribution in [0.3, 0.4) is 0 Å². The number of alkyl halides is 3. The standard InChI is InChI=1S/C19H16F3N3O/c1-13(14-5-3-2-4-6-14)25-18-23-11-16(12-24-18)15-7-9-17(10-8-15)26-19(20,21)22/h2-13H,1H3,(H,23,24,25). The zero-order valence-corrected chi connectivity index (χ0v) is 13.9. The first-order valence-electron chi connectivity index (χ1n) is 7.90. The third-order valence-electron chi connectivity index (χ3n) is 3.72. The molecular formula is C19H16F3N3O. The minimum atomic E-state index is -4.70. The summed E-state index contributed by atoms with van der Waals surface area (Å²) in [6.07, 6.45) is -1.47. The maximum absolute atomic E-state index is 12.2. The SMILES string of the molecule is CC(Nc1ncc(-c2ccc(OC(F)(F)F)cc2)cn1)c1ccccc1. The van der Waals surface area contributed by atoms with Crippen molar-refractivity contribution in [3.8, 4) is 16.9 Å². The molecule has 0 spiro atoms. The van der Waals surface area contributed by atoms with Crippen molar-refractivity contribution in [2.24, 2.45) is 0 Å². The zero-order chi connectivity index (χ0) is 18.6. The minimum absolute atomic E-state index is 0.0425. The minimum Gasteiger partial charge on any atom is -0.406 e. The number of hydrogen-bond acceptors (Lipinski definition) is 4. The summed E-state index contributed by atoms with van der Waals surface area (Å²) in [5.41, 5.74) is 2.50. The molecule has 1 heterocycles. The molecule has 26 heavy (non-hydrogen) atoms. The quantitative estimate of drug-likeness (QED) is 0.679. The number of nitrogens with one attached hydrogen (secondary N) is 1. The van der Waals surface area contributed by atoms with Crippen LogP contribution in [0.4, 0.5) is 19.1 Å². The van der Waals surface area contributed by atoms with E-state index >= 15 is 0 Å². The van der Waals surface area contributed by atoms with Crippen molar-refractivity contribution < 1.29 is 17.9 Å². The smallest absolute Gasteiger partial charge is 0.406 e. The van der Waals surface area contributed by atoms with Gasteiger partial charge in [0.2, 0.25) is 5.95 Å². The second-order valence-corrected chi connectivity index (χ2v) is 5.64. The number of rotatable bonds is 5. The number of hydrogen-bond donors (Lipinski definition) is 1. The van der Waals surface area contributed by atoms with Crippen LogP contribution in [0.15, 0.2) is 67.0 Å². The number of aromatic nitrogens is 2. The van der Waals surface area contributed by atoms with Gasteiger partial charge >= 0.3 is 6.36 Å². The van der Waals surface area contributed by atoms with Gasteiger partial charge in [0.25, 0.3) is 0 Å². The highest BCUT2D eigenvalue weighted by Gasteiger charge is 2.30. The van der Waals surface area contributed by atoms with Gasteiger partial charge in [-0.25, -0.2) is 9.97 Å². The fraction of sp³-hybridized carbons (Fsp3) is 0.158. The fourth-order valence-corrected chi connectivity index (χ4v) is 2.42. The van der Waals surface area contributed by atoms with E-state index in [0.717, 1.165) is 5.56 Å². The molecule has 0 bridgehead atoms. The highest BCUT2D eigenvalue weighted by atomic mass is 19.4. The Morgan fingerprint density at radius 3 is 2.08 bits per heavy atom. The Balaban J connectivity index is 1.67. The van der Waals surface area contributed by atoms with Crippen molar-refractivity contribution in [3.05, 3.63) is 72.6 Å². The second kappa shape index (κ2) is 7.43. The van der Waals surface area contributed by atoms with Crippen LogP contribution in [0.25, 0.3) is 11.1 Å². The van der Waals surface area contributed by atoms with Crippen molar-refractivity contribution in [1.29, 1.82) is 0 Å². The number of halogens is 3. The largest absolute Gasteiger partial charge is 0.573 e. The Kier molecular flexibility index (Phi) is 5.06. The summed E-state index contributed by atoms with van der Waals surface area (Å²) < 4.78 is 40.4. The van der Waals surface area contributed by atoms with Gasteiger partial charge in [0.05, 0.1) is 6.04 Å². The molecule has 1 atom stereocenters. The van der Waals surface area contributed by atoms with E-state index in [1.807, 2.05) is 37.3 Å². The average Bonchev–Trinajstić information content (AvgIpc) is 2.62. The van der Waals surface area contributed by atoms with Crippen LogP contribution < -0.4 is 10.1 Å². The van der Waals surface area contributed by atoms with Crippen LogP contribution in [0.2, 0.25) is 0 Å². The van der Waals surface area contributed by atoms with Gasteiger partial charge in [-0.1, -0.05) is 42.5 Å². The molecule has 2 aromatic carbocycles. The molecule has 4 nitrogen and oxygen atoms in total. The third-order valence-corrected chi connectivity index (χ3v) is 3.72. The van der Waals surface area contributed by atoms with Crippen LogP contribution in [0.1, 0.15) is 18.5 Å². The van der Waals surface area contributed by atoms with Crippen molar-refractivity contribution in [3.63, 3.8) is 0 Å². The summed E-state index contributed by atoms with van der Waals surface area (Å²) in [6, 6.07) is 15.5. The Labute approximate surface area is 148 Å². The van der Waals surface area contributed by atoms with E-state index in [1.54, 1.807) is 12.4 Å². The van der Waals surface area contributed by atoms with E-state index in [-0.39, 0.29) is 11.8 Å². The van der Waals surface area contributed by atoms with Crippen LogP contribution in [-0.4, -0.2) is 16.3 Å². The van der Waals surface area contributed by atoms with Crippen molar-refractivity contribution in [2.75, 3.05) is 5.32 Å². The summed E-state index contributed by atoms with van der Waals surface area (Å²) in [5.74, 6) is 0.208. The van der Waals surface area contributed by atoms with E-state index in [9.17, 15) is 13.2 Å². The molecule has 0 saturated carbocycles. The first-order valence-corrected chi connectivity index (χ1v) is 7.90. The molecule has 3 aromatic rings. The van der Waals surface area contributed by atoms with Gasteiger partial charge in [0.15, 0.2) is 0 Å². The van der Waals surface area contributed by atoms with Gasteiger partial charge in [0.1, 0.15) is 5.75 Å². The molecule has 0 radical (unpaired) electrons. The molecule has 1 aromatic heterocycles. The summed E-state index contributed by atoms with van der Waals surface area (Å²) in [7, 11) is 0. The molecule has 0 fully saturated rings. The highest BCUT2D eigenvalue weighted by Crippen LogP contribution is 2.26. The Morgan fingerprint density at radius 2 is 1.50 bits per heavy atom. The van der Waals surface area contributed by atoms with Crippen LogP contribution >= 0.6 is 0 Å². The van der Waals surface area contributed by atoms with E-state index in [2.05, 4.69) is 20.0 Å². The van der Waals surface area contributed by atoms with E-state index in [4.69, 9.17) is 0 Å². The summed E-state index contributed by atoms with van der Waals surface area (Å²) >= 11 is 0.